The Morgan fingerprint density at radius 2 is 1.81 bits per heavy atom. The molecule has 4 rings (SSSR count). The van der Waals surface area contributed by atoms with Gasteiger partial charge in [0.25, 0.3) is 5.91 Å². The van der Waals surface area contributed by atoms with E-state index >= 15 is 0 Å². The molecule has 1 aliphatic rings. The van der Waals surface area contributed by atoms with Crippen molar-refractivity contribution in [1.29, 1.82) is 0 Å². The topological polar surface area (TPSA) is 104 Å². The standard InChI is InChI=1S/C21H17F3N4O4/c22-21(23,24)32-14-7-5-13(6-8-14)26-18(29)11-28-19(30)17(27-20(28)31)9-12-10-25-16-4-2-1-3-15(12)16/h1-8,10,17,25H,9,11H2,(H,26,29)(H,27,31). The Labute approximate surface area is 179 Å². The number of H-pyrrole nitrogens is 1. The quantitative estimate of drug-likeness (QED) is 0.506. The number of carbonyl (C=O) groups excluding carboxylic acids is 3. The lowest BCUT2D eigenvalue weighted by atomic mass is 10.1. The zero-order valence-corrected chi connectivity index (χ0v) is 16.4. The molecule has 0 bridgehead atoms. The van der Waals surface area contributed by atoms with Crippen molar-refractivity contribution in [3.63, 3.8) is 0 Å². The van der Waals surface area contributed by atoms with Crippen molar-refractivity contribution in [2.45, 2.75) is 18.8 Å². The number of ether oxygens (including phenoxy) is 1. The van der Waals surface area contributed by atoms with Gasteiger partial charge in [-0.3, -0.25) is 14.5 Å². The van der Waals surface area contributed by atoms with Crippen molar-refractivity contribution in [3.8, 4) is 5.75 Å². The maximum atomic E-state index is 12.7. The molecule has 32 heavy (non-hydrogen) atoms. The molecule has 1 saturated heterocycles. The number of anilines is 1. The van der Waals surface area contributed by atoms with Crippen LogP contribution in [0.3, 0.4) is 0 Å². The van der Waals surface area contributed by atoms with Crippen LogP contribution in [-0.2, 0) is 16.0 Å². The average Bonchev–Trinajstić information content (AvgIpc) is 3.25. The van der Waals surface area contributed by atoms with Gasteiger partial charge in [0, 0.05) is 29.2 Å². The summed E-state index contributed by atoms with van der Waals surface area (Å²) in [5, 5.41) is 5.94. The summed E-state index contributed by atoms with van der Waals surface area (Å²) in [7, 11) is 0. The van der Waals surface area contributed by atoms with Crippen LogP contribution in [0.5, 0.6) is 5.75 Å². The Balaban J connectivity index is 1.36. The summed E-state index contributed by atoms with van der Waals surface area (Å²) >= 11 is 0. The highest BCUT2D eigenvalue weighted by molar-refractivity contribution is 6.08. The minimum absolute atomic E-state index is 0.187. The van der Waals surface area contributed by atoms with Gasteiger partial charge in [-0.2, -0.15) is 0 Å². The molecule has 3 aromatic rings. The maximum absolute atomic E-state index is 12.7. The first kappa shape index (κ1) is 21.2. The summed E-state index contributed by atoms with van der Waals surface area (Å²) in [6, 6.07) is 10.5. The molecule has 0 spiro atoms. The number of hydrogen-bond donors (Lipinski definition) is 3. The van der Waals surface area contributed by atoms with E-state index in [2.05, 4.69) is 20.4 Å². The number of benzene rings is 2. The van der Waals surface area contributed by atoms with Crippen molar-refractivity contribution in [2.75, 3.05) is 11.9 Å². The van der Waals surface area contributed by atoms with Gasteiger partial charge in [-0.1, -0.05) is 18.2 Å². The molecule has 1 unspecified atom stereocenters. The molecule has 8 nitrogen and oxygen atoms in total. The molecular weight excluding hydrogens is 429 g/mol. The third kappa shape index (κ3) is 4.66. The number of carbonyl (C=O) groups is 3. The van der Waals surface area contributed by atoms with E-state index in [4.69, 9.17) is 0 Å². The van der Waals surface area contributed by atoms with Crippen molar-refractivity contribution in [3.05, 3.63) is 60.3 Å². The van der Waals surface area contributed by atoms with Crippen molar-refractivity contribution in [1.82, 2.24) is 15.2 Å². The predicted molar refractivity (Wildman–Crippen MR) is 108 cm³/mol. The molecule has 11 heteroatoms. The third-order valence-electron chi connectivity index (χ3n) is 4.88. The second-order valence-corrected chi connectivity index (χ2v) is 7.11. The lowest BCUT2D eigenvalue weighted by Crippen LogP contribution is -2.38. The molecule has 166 valence electrons. The smallest absolute Gasteiger partial charge is 0.406 e. The van der Waals surface area contributed by atoms with Gasteiger partial charge in [-0.05, 0) is 35.9 Å². The Hall–Kier alpha value is -4.02. The summed E-state index contributed by atoms with van der Waals surface area (Å²) in [6.45, 7) is -0.532. The van der Waals surface area contributed by atoms with Crippen LogP contribution in [0.4, 0.5) is 23.7 Å². The number of fused-ring (bicyclic) bond motifs is 1. The molecule has 3 N–H and O–H groups in total. The van der Waals surface area contributed by atoms with E-state index in [1.807, 2.05) is 24.3 Å². The van der Waals surface area contributed by atoms with Gasteiger partial charge >= 0.3 is 12.4 Å². The van der Waals surface area contributed by atoms with E-state index < -0.39 is 42.5 Å². The van der Waals surface area contributed by atoms with Crippen LogP contribution in [0.25, 0.3) is 10.9 Å². The summed E-state index contributed by atoms with van der Waals surface area (Å²) in [5.41, 5.74) is 1.95. The number of imide groups is 1. The molecule has 2 aromatic carbocycles. The Kier molecular flexibility index (Phi) is 5.47. The van der Waals surface area contributed by atoms with Crippen LogP contribution in [-0.4, -0.2) is 46.7 Å². The van der Waals surface area contributed by atoms with Crippen LogP contribution in [0, 0.1) is 0 Å². The first-order valence-corrected chi connectivity index (χ1v) is 9.52. The lowest BCUT2D eigenvalue weighted by molar-refractivity contribution is -0.274. The van der Waals surface area contributed by atoms with E-state index in [1.54, 1.807) is 6.20 Å². The van der Waals surface area contributed by atoms with Gasteiger partial charge in [0.1, 0.15) is 18.3 Å². The minimum atomic E-state index is -4.82. The Morgan fingerprint density at radius 1 is 1.09 bits per heavy atom. The van der Waals surface area contributed by atoms with Gasteiger partial charge in [0.15, 0.2) is 0 Å². The summed E-state index contributed by atoms with van der Waals surface area (Å²) in [5.74, 6) is -1.65. The number of rotatable bonds is 6. The average molecular weight is 446 g/mol. The number of hydrogen-bond acceptors (Lipinski definition) is 4. The number of para-hydroxylation sites is 1. The second-order valence-electron chi connectivity index (χ2n) is 7.11. The normalized spacial score (nSPS) is 16.3. The van der Waals surface area contributed by atoms with Crippen molar-refractivity contribution < 1.29 is 32.3 Å². The highest BCUT2D eigenvalue weighted by Gasteiger charge is 2.39. The first-order valence-electron chi connectivity index (χ1n) is 9.52. The van der Waals surface area contributed by atoms with Crippen LogP contribution in [0.2, 0.25) is 0 Å². The fourth-order valence-electron chi connectivity index (χ4n) is 3.47. The molecule has 1 aliphatic heterocycles. The van der Waals surface area contributed by atoms with E-state index in [0.29, 0.717) is 0 Å². The summed E-state index contributed by atoms with van der Waals surface area (Å²) in [6.07, 6.45) is -2.80. The molecule has 1 aromatic heterocycles. The fourth-order valence-corrected chi connectivity index (χ4v) is 3.47. The molecular formula is C21H17F3N4O4. The van der Waals surface area contributed by atoms with Crippen LogP contribution < -0.4 is 15.4 Å². The number of nitrogens with one attached hydrogen (secondary N) is 3. The molecule has 0 radical (unpaired) electrons. The van der Waals surface area contributed by atoms with E-state index in [9.17, 15) is 27.6 Å². The molecule has 0 aliphatic carbocycles. The van der Waals surface area contributed by atoms with Gasteiger partial charge in [0.2, 0.25) is 5.91 Å². The zero-order chi connectivity index (χ0) is 22.9. The number of alkyl halides is 3. The maximum Gasteiger partial charge on any atom is 0.573 e. The number of amides is 4. The van der Waals surface area contributed by atoms with Gasteiger partial charge in [-0.15, -0.1) is 13.2 Å². The first-order chi connectivity index (χ1) is 15.2. The lowest BCUT2D eigenvalue weighted by Gasteiger charge is -2.13. The van der Waals surface area contributed by atoms with Crippen LogP contribution in [0.15, 0.2) is 54.7 Å². The van der Waals surface area contributed by atoms with E-state index in [-0.39, 0.29) is 12.1 Å². The van der Waals surface area contributed by atoms with Gasteiger partial charge in [0.05, 0.1) is 0 Å². The Morgan fingerprint density at radius 3 is 2.53 bits per heavy atom. The molecule has 4 amide bonds. The largest absolute Gasteiger partial charge is 0.573 e. The molecule has 1 fully saturated rings. The van der Waals surface area contributed by atoms with Crippen molar-refractivity contribution in [2.24, 2.45) is 0 Å². The van der Waals surface area contributed by atoms with Gasteiger partial charge in [-0.25, -0.2) is 4.79 Å². The summed E-state index contributed by atoms with van der Waals surface area (Å²) < 4.78 is 40.4. The third-order valence-corrected chi connectivity index (χ3v) is 4.88. The predicted octanol–water partition coefficient (Wildman–Crippen LogP) is 3.17. The van der Waals surface area contributed by atoms with Crippen LogP contribution >= 0.6 is 0 Å². The number of nitrogens with zero attached hydrogens (tertiary/aromatic N) is 1. The summed E-state index contributed by atoms with van der Waals surface area (Å²) in [4.78, 5) is 41.1. The highest BCUT2D eigenvalue weighted by atomic mass is 19.4. The molecule has 0 saturated carbocycles. The molecule has 2 heterocycles. The highest BCUT2D eigenvalue weighted by Crippen LogP contribution is 2.24. The van der Waals surface area contributed by atoms with Crippen LogP contribution in [0.1, 0.15) is 5.56 Å². The SMILES string of the molecule is O=C(CN1C(=O)NC(Cc2c[nH]c3ccccc23)C1=O)Nc1ccc(OC(F)(F)F)cc1. The minimum Gasteiger partial charge on any atom is -0.406 e. The van der Waals surface area contributed by atoms with E-state index in [0.717, 1.165) is 33.5 Å². The van der Waals surface area contributed by atoms with Crippen molar-refractivity contribution >= 4 is 34.4 Å². The monoisotopic (exact) mass is 446 g/mol. The number of halogens is 3. The van der Waals surface area contributed by atoms with E-state index in [1.165, 1.54) is 12.1 Å². The van der Waals surface area contributed by atoms with Gasteiger partial charge < -0.3 is 20.4 Å². The zero-order valence-electron chi connectivity index (χ0n) is 16.4. The number of aromatic nitrogens is 1. The number of aromatic amines is 1. The molecule has 1 atom stereocenters. The second kappa shape index (κ2) is 8.25. The number of urea groups is 1. The fraction of sp³-hybridized carbons (Fsp3) is 0.190. The Bertz CT molecular complexity index is 1170.